The highest BCUT2D eigenvalue weighted by Crippen LogP contribution is 2.34. The molecule has 25 heavy (non-hydrogen) atoms. The number of halogens is 3. The normalized spacial score (nSPS) is 12.0. The molecule has 0 bridgehead atoms. The molecule has 0 aliphatic rings. The molecular weight excluding hydrogens is 381 g/mol. The van der Waals surface area contributed by atoms with E-state index in [1.165, 1.54) is 11.4 Å². The number of carbonyl (C=O) groups is 1. The number of benzene rings is 1. The summed E-state index contributed by atoms with van der Waals surface area (Å²) in [6.07, 6.45) is -4.98. The fraction of sp³-hybridized carbons (Fsp3) is 0.286. The van der Waals surface area contributed by atoms with Crippen LogP contribution in [0.5, 0.6) is 0 Å². The summed E-state index contributed by atoms with van der Waals surface area (Å²) in [6.45, 7) is 1.83. The predicted octanol–water partition coefficient (Wildman–Crippen LogP) is 3.07. The number of anilines is 1. The van der Waals surface area contributed by atoms with E-state index in [1.54, 1.807) is 6.92 Å². The second kappa shape index (κ2) is 7.40. The number of alkyl halides is 3. The van der Waals surface area contributed by atoms with Crippen molar-refractivity contribution in [1.29, 1.82) is 0 Å². The summed E-state index contributed by atoms with van der Waals surface area (Å²) in [6, 6.07) is 3.83. The molecule has 2 aromatic rings. The van der Waals surface area contributed by atoms with Gasteiger partial charge in [0.15, 0.2) is 5.13 Å². The number of nitrogens with zero attached hydrogens (tertiary/aromatic N) is 1. The molecule has 0 radical (unpaired) electrons. The Morgan fingerprint density at radius 1 is 1.32 bits per heavy atom. The van der Waals surface area contributed by atoms with Crippen LogP contribution in [0, 0.1) is 0 Å². The lowest BCUT2D eigenvalue weighted by atomic mass is 10.2. The molecule has 1 aromatic heterocycles. The molecular formula is C14H13F3N2O4S2. The first-order chi connectivity index (χ1) is 11.6. The minimum absolute atomic E-state index is 0.142. The number of carbonyl (C=O) groups excluding carboxylic acids is 1. The topological polar surface area (TPSA) is 85.4 Å². The van der Waals surface area contributed by atoms with Crippen molar-refractivity contribution in [2.45, 2.75) is 24.4 Å². The Kier molecular flexibility index (Phi) is 5.68. The van der Waals surface area contributed by atoms with E-state index < -0.39 is 32.6 Å². The van der Waals surface area contributed by atoms with Gasteiger partial charge in [-0.25, -0.2) is 13.4 Å². The molecule has 0 spiro atoms. The summed E-state index contributed by atoms with van der Waals surface area (Å²) >= 11 is 0.854. The molecule has 1 heterocycles. The van der Waals surface area contributed by atoms with Gasteiger partial charge >= 0.3 is 12.1 Å². The number of aromatic nitrogens is 1. The molecule has 0 atom stereocenters. The van der Waals surface area contributed by atoms with E-state index in [-0.39, 0.29) is 23.9 Å². The third kappa shape index (κ3) is 4.92. The first kappa shape index (κ1) is 19.2. The Morgan fingerprint density at radius 2 is 2.00 bits per heavy atom. The minimum Gasteiger partial charge on any atom is -0.466 e. The number of hydrogen-bond acceptors (Lipinski definition) is 6. The average Bonchev–Trinajstić information content (AvgIpc) is 2.93. The standard InChI is InChI=1S/C14H13F3N2O4S2/c1-2-23-12(20)7-9-8-24-13(18-9)19-25(21,22)11-6-4-3-5-10(11)14(15,16)17/h3-6,8H,2,7H2,1H3,(H,18,19). The van der Waals surface area contributed by atoms with E-state index >= 15 is 0 Å². The lowest BCUT2D eigenvalue weighted by Crippen LogP contribution is -2.18. The van der Waals surface area contributed by atoms with Gasteiger partial charge in [0, 0.05) is 5.38 Å². The SMILES string of the molecule is CCOC(=O)Cc1csc(NS(=O)(=O)c2ccccc2C(F)(F)F)n1. The molecule has 0 saturated heterocycles. The Morgan fingerprint density at radius 3 is 2.64 bits per heavy atom. The predicted molar refractivity (Wildman–Crippen MR) is 84.7 cm³/mol. The molecule has 0 unspecified atom stereocenters. The van der Waals surface area contributed by atoms with Crippen LogP contribution >= 0.6 is 11.3 Å². The maximum absolute atomic E-state index is 13.0. The molecule has 0 aliphatic carbocycles. The van der Waals surface area contributed by atoms with Gasteiger partial charge < -0.3 is 4.74 Å². The second-order valence-corrected chi connectivity index (χ2v) is 7.23. The highest BCUT2D eigenvalue weighted by Gasteiger charge is 2.37. The van der Waals surface area contributed by atoms with E-state index in [0.717, 1.165) is 23.5 Å². The average molecular weight is 394 g/mol. The number of thiazole rings is 1. The van der Waals surface area contributed by atoms with Crippen LogP contribution in [0.25, 0.3) is 0 Å². The van der Waals surface area contributed by atoms with E-state index in [4.69, 9.17) is 4.74 Å². The van der Waals surface area contributed by atoms with E-state index in [0.29, 0.717) is 6.07 Å². The summed E-state index contributed by atoms with van der Waals surface area (Å²) in [4.78, 5) is 14.3. The van der Waals surface area contributed by atoms with Gasteiger partial charge in [-0.1, -0.05) is 12.1 Å². The zero-order valence-electron chi connectivity index (χ0n) is 12.8. The van der Waals surface area contributed by atoms with Crippen LogP contribution in [0.3, 0.4) is 0 Å². The van der Waals surface area contributed by atoms with E-state index in [9.17, 15) is 26.4 Å². The second-order valence-electron chi connectivity index (χ2n) is 4.73. The number of sulfonamides is 1. The van der Waals surface area contributed by atoms with E-state index in [1.807, 2.05) is 4.72 Å². The number of esters is 1. The Labute approximate surface area is 145 Å². The first-order valence-electron chi connectivity index (χ1n) is 6.92. The number of hydrogen-bond donors (Lipinski definition) is 1. The summed E-state index contributed by atoms with van der Waals surface area (Å²) in [5, 5.41) is 1.28. The Bertz CT molecular complexity index is 863. The molecule has 6 nitrogen and oxygen atoms in total. The van der Waals surface area contributed by atoms with Crippen molar-refractivity contribution in [2.75, 3.05) is 11.3 Å². The summed E-state index contributed by atoms with van der Waals surface area (Å²) in [5.41, 5.74) is -1.02. The number of rotatable bonds is 6. The largest absolute Gasteiger partial charge is 0.466 e. The highest BCUT2D eigenvalue weighted by molar-refractivity contribution is 7.93. The third-order valence-corrected chi connectivity index (χ3v) is 5.22. The van der Waals surface area contributed by atoms with Gasteiger partial charge in [0.2, 0.25) is 0 Å². The van der Waals surface area contributed by atoms with Crippen LogP contribution in [0.1, 0.15) is 18.2 Å². The van der Waals surface area contributed by atoms with Crippen molar-refractivity contribution in [3.8, 4) is 0 Å². The minimum atomic E-state index is -4.82. The van der Waals surface area contributed by atoms with Crippen LogP contribution < -0.4 is 4.72 Å². The van der Waals surface area contributed by atoms with Crippen molar-refractivity contribution in [3.63, 3.8) is 0 Å². The van der Waals surface area contributed by atoms with Crippen molar-refractivity contribution in [3.05, 3.63) is 40.9 Å². The van der Waals surface area contributed by atoms with Gasteiger partial charge in [-0.15, -0.1) is 11.3 Å². The summed E-state index contributed by atoms with van der Waals surface area (Å²) < 4.78 is 70.2. The molecule has 0 amide bonds. The van der Waals surface area contributed by atoms with Crippen LogP contribution in [-0.2, 0) is 32.2 Å². The van der Waals surface area contributed by atoms with Gasteiger partial charge in [-0.05, 0) is 19.1 Å². The van der Waals surface area contributed by atoms with Gasteiger partial charge in [-0.2, -0.15) is 13.2 Å². The molecule has 1 N–H and O–H groups in total. The lowest BCUT2D eigenvalue weighted by molar-refractivity contribution is -0.142. The van der Waals surface area contributed by atoms with Crippen molar-refractivity contribution >= 4 is 32.5 Å². The lowest BCUT2D eigenvalue weighted by Gasteiger charge is -2.13. The van der Waals surface area contributed by atoms with E-state index in [2.05, 4.69) is 4.98 Å². The smallest absolute Gasteiger partial charge is 0.417 e. The maximum Gasteiger partial charge on any atom is 0.417 e. The van der Waals surface area contributed by atoms with Gasteiger partial charge in [0.1, 0.15) is 0 Å². The number of ether oxygens (including phenoxy) is 1. The van der Waals surface area contributed by atoms with Gasteiger partial charge in [-0.3, -0.25) is 9.52 Å². The summed E-state index contributed by atoms with van der Waals surface area (Å²) in [7, 11) is -4.49. The fourth-order valence-corrected chi connectivity index (χ4v) is 4.09. The van der Waals surface area contributed by atoms with Crippen molar-refractivity contribution < 1.29 is 31.1 Å². The van der Waals surface area contributed by atoms with Crippen LogP contribution in [0.2, 0.25) is 0 Å². The van der Waals surface area contributed by atoms with Crippen molar-refractivity contribution in [1.82, 2.24) is 4.98 Å². The quantitative estimate of drug-likeness (QED) is 0.761. The molecule has 0 fully saturated rings. The molecule has 0 aliphatic heterocycles. The Hall–Kier alpha value is -2.14. The third-order valence-electron chi connectivity index (χ3n) is 2.89. The molecule has 11 heteroatoms. The fourth-order valence-electron chi connectivity index (χ4n) is 1.90. The molecule has 0 saturated carbocycles. The van der Waals surface area contributed by atoms with Crippen LogP contribution in [-0.4, -0.2) is 26.0 Å². The van der Waals surface area contributed by atoms with Crippen molar-refractivity contribution in [2.24, 2.45) is 0 Å². The molecule has 2 rings (SSSR count). The first-order valence-corrected chi connectivity index (χ1v) is 9.29. The zero-order chi connectivity index (χ0) is 18.7. The monoisotopic (exact) mass is 394 g/mol. The highest BCUT2D eigenvalue weighted by atomic mass is 32.2. The maximum atomic E-state index is 13.0. The van der Waals surface area contributed by atoms with Crippen LogP contribution in [0.15, 0.2) is 34.5 Å². The summed E-state index contributed by atoms with van der Waals surface area (Å²) in [5.74, 6) is -0.537. The van der Waals surface area contributed by atoms with Gasteiger partial charge in [0.05, 0.1) is 29.2 Å². The Balaban J connectivity index is 2.23. The van der Waals surface area contributed by atoms with Crippen LogP contribution in [0.4, 0.5) is 18.3 Å². The molecule has 136 valence electrons. The number of nitrogens with one attached hydrogen (secondary N) is 1. The van der Waals surface area contributed by atoms with Gasteiger partial charge in [0.25, 0.3) is 10.0 Å². The zero-order valence-corrected chi connectivity index (χ0v) is 14.5. The molecule has 1 aromatic carbocycles.